The zero-order valence-electron chi connectivity index (χ0n) is 11.6. The maximum absolute atomic E-state index is 6.32. The van der Waals surface area contributed by atoms with E-state index in [1.807, 2.05) is 0 Å². The molecule has 2 atom stereocenters. The number of hydrogen-bond acceptors (Lipinski definition) is 1. The van der Waals surface area contributed by atoms with Gasteiger partial charge in [0.05, 0.1) is 0 Å². The second-order valence-corrected chi connectivity index (χ2v) is 6.59. The molecule has 0 aromatic rings. The highest BCUT2D eigenvalue weighted by Gasteiger charge is 2.24. The van der Waals surface area contributed by atoms with Gasteiger partial charge in [-0.3, -0.25) is 0 Å². The molecular weight excluding hydrogens is 194 g/mol. The van der Waals surface area contributed by atoms with E-state index in [4.69, 9.17) is 5.73 Å². The van der Waals surface area contributed by atoms with E-state index in [1.54, 1.807) is 0 Å². The monoisotopic (exact) mass is 225 g/mol. The SMILES string of the molecule is CCC1(C)CCCCCC(C)(N)CCCC1. The maximum Gasteiger partial charge on any atom is 0.0125 e. The first kappa shape index (κ1) is 14.0. The van der Waals surface area contributed by atoms with Gasteiger partial charge in [0, 0.05) is 5.54 Å². The lowest BCUT2D eigenvalue weighted by atomic mass is 9.78. The Morgan fingerprint density at radius 1 is 0.812 bits per heavy atom. The van der Waals surface area contributed by atoms with Crippen molar-refractivity contribution in [2.45, 2.75) is 90.5 Å². The molecule has 96 valence electrons. The van der Waals surface area contributed by atoms with Gasteiger partial charge in [-0.25, -0.2) is 0 Å². The zero-order valence-corrected chi connectivity index (χ0v) is 11.6. The Hall–Kier alpha value is -0.0400. The van der Waals surface area contributed by atoms with E-state index in [9.17, 15) is 0 Å². The van der Waals surface area contributed by atoms with E-state index < -0.39 is 0 Å². The van der Waals surface area contributed by atoms with Crippen LogP contribution in [0.15, 0.2) is 0 Å². The van der Waals surface area contributed by atoms with Crippen LogP contribution in [0.5, 0.6) is 0 Å². The molecule has 1 aliphatic rings. The van der Waals surface area contributed by atoms with Gasteiger partial charge in [-0.1, -0.05) is 52.4 Å². The lowest BCUT2D eigenvalue weighted by Gasteiger charge is -2.28. The van der Waals surface area contributed by atoms with E-state index in [2.05, 4.69) is 20.8 Å². The molecule has 0 saturated heterocycles. The maximum atomic E-state index is 6.32. The van der Waals surface area contributed by atoms with E-state index >= 15 is 0 Å². The molecule has 0 amide bonds. The van der Waals surface area contributed by atoms with Crippen molar-refractivity contribution in [1.29, 1.82) is 0 Å². The van der Waals surface area contributed by atoms with Crippen LogP contribution in [-0.2, 0) is 0 Å². The van der Waals surface area contributed by atoms with Crippen LogP contribution in [0.2, 0.25) is 0 Å². The Morgan fingerprint density at radius 2 is 1.25 bits per heavy atom. The molecule has 2 unspecified atom stereocenters. The molecule has 0 bridgehead atoms. The van der Waals surface area contributed by atoms with Crippen molar-refractivity contribution in [3.05, 3.63) is 0 Å². The van der Waals surface area contributed by atoms with Crippen LogP contribution in [0.3, 0.4) is 0 Å². The average Bonchev–Trinajstić information content (AvgIpc) is 2.26. The summed E-state index contributed by atoms with van der Waals surface area (Å²) >= 11 is 0. The number of rotatable bonds is 1. The Morgan fingerprint density at radius 3 is 1.81 bits per heavy atom. The van der Waals surface area contributed by atoms with Gasteiger partial charge < -0.3 is 5.73 Å². The standard InChI is InChI=1S/C15H31N/c1-4-14(2)10-6-5-7-12-15(3,16)13-9-8-11-14/h4-13,16H2,1-3H3. The summed E-state index contributed by atoms with van der Waals surface area (Å²) in [6.45, 7) is 7.07. The zero-order chi connectivity index (χ0) is 12.1. The summed E-state index contributed by atoms with van der Waals surface area (Å²) in [6.07, 6.45) is 13.4. The molecule has 1 aliphatic carbocycles. The first-order valence-corrected chi connectivity index (χ1v) is 7.26. The Bertz CT molecular complexity index is 198. The Balaban J connectivity index is 2.48. The third kappa shape index (κ3) is 4.86. The highest BCUT2D eigenvalue weighted by molar-refractivity contribution is 4.81. The van der Waals surface area contributed by atoms with Crippen molar-refractivity contribution in [2.24, 2.45) is 11.1 Å². The minimum Gasteiger partial charge on any atom is -0.325 e. The highest BCUT2D eigenvalue weighted by atomic mass is 14.7. The van der Waals surface area contributed by atoms with Crippen LogP contribution in [-0.4, -0.2) is 5.54 Å². The molecule has 1 nitrogen and oxygen atoms in total. The van der Waals surface area contributed by atoms with Gasteiger partial charge in [-0.15, -0.1) is 0 Å². The van der Waals surface area contributed by atoms with Crippen LogP contribution >= 0.6 is 0 Å². The molecule has 0 aromatic carbocycles. The quantitative estimate of drug-likeness (QED) is 0.691. The van der Waals surface area contributed by atoms with Gasteiger partial charge >= 0.3 is 0 Å². The Labute approximate surface area is 102 Å². The summed E-state index contributed by atoms with van der Waals surface area (Å²) in [6, 6.07) is 0. The van der Waals surface area contributed by atoms with Crippen molar-refractivity contribution in [2.75, 3.05) is 0 Å². The van der Waals surface area contributed by atoms with E-state index in [0.29, 0.717) is 5.41 Å². The summed E-state index contributed by atoms with van der Waals surface area (Å²) in [5.41, 5.74) is 7.03. The molecule has 2 N–H and O–H groups in total. The average molecular weight is 225 g/mol. The fraction of sp³-hybridized carbons (Fsp3) is 1.00. The van der Waals surface area contributed by atoms with Crippen LogP contribution in [0.4, 0.5) is 0 Å². The number of hydrogen-bond donors (Lipinski definition) is 1. The fourth-order valence-corrected chi connectivity index (χ4v) is 2.94. The van der Waals surface area contributed by atoms with E-state index in [-0.39, 0.29) is 5.54 Å². The van der Waals surface area contributed by atoms with E-state index in [0.717, 1.165) is 0 Å². The van der Waals surface area contributed by atoms with Gasteiger partial charge in [0.15, 0.2) is 0 Å². The van der Waals surface area contributed by atoms with Crippen LogP contribution in [0.25, 0.3) is 0 Å². The van der Waals surface area contributed by atoms with E-state index in [1.165, 1.54) is 64.2 Å². The predicted octanol–water partition coefficient (Wildman–Crippen LogP) is 4.64. The first-order valence-electron chi connectivity index (χ1n) is 7.26. The van der Waals surface area contributed by atoms with Gasteiger partial charge in [-0.2, -0.15) is 0 Å². The third-order valence-electron chi connectivity index (χ3n) is 4.66. The smallest absolute Gasteiger partial charge is 0.0125 e. The molecule has 0 heterocycles. The molecule has 1 fully saturated rings. The molecule has 0 aromatic heterocycles. The highest BCUT2D eigenvalue weighted by Crippen LogP contribution is 2.35. The molecule has 16 heavy (non-hydrogen) atoms. The summed E-state index contributed by atoms with van der Waals surface area (Å²) in [7, 11) is 0. The van der Waals surface area contributed by atoms with Crippen molar-refractivity contribution >= 4 is 0 Å². The minimum absolute atomic E-state index is 0.104. The molecular formula is C15H31N. The van der Waals surface area contributed by atoms with Crippen molar-refractivity contribution in [3.63, 3.8) is 0 Å². The second-order valence-electron chi connectivity index (χ2n) is 6.59. The largest absolute Gasteiger partial charge is 0.325 e. The lowest BCUT2D eigenvalue weighted by molar-refractivity contribution is 0.243. The second kappa shape index (κ2) is 6.05. The summed E-state index contributed by atoms with van der Waals surface area (Å²) < 4.78 is 0. The fourth-order valence-electron chi connectivity index (χ4n) is 2.94. The van der Waals surface area contributed by atoms with Gasteiger partial charge in [0.25, 0.3) is 0 Å². The minimum atomic E-state index is 0.104. The first-order chi connectivity index (χ1) is 7.47. The molecule has 1 saturated carbocycles. The molecule has 1 heteroatoms. The topological polar surface area (TPSA) is 26.0 Å². The predicted molar refractivity (Wildman–Crippen MR) is 72.5 cm³/mol. The summed E-state index contributed by atoms with van der Waals surface area (Å²) in [5, 5.41) is 0. The van der Waals surface area contributed by atoms with Crippen LogP contribution in [0.1, 0.15) is 85.0 Å². The summed E-state index contributed by atoms with van der Waals surface area (Å²) in [4.78, 5) is 0. The molecule has 0 spiro atoms. The van der Waals surface area contributed by atoms with Crippen LogP contribution in [0, 0.1) is 5.41 Å². The van der Waals surface area contributed by atoms with Crippen molar-refractivity contribution < 1.29 is 0 Å². The molecule has 0 aliphatic heterocycles. The van der Waals surface area contributed by atoms with Crippen molar-refractivity contribution in [3.8, 4) is 0 Å². The Kier molecular flexibility index (Phi) is 5.30. The summed E-state index contributed by atoms with van der Waals surface area (Å²) in [5.74, 6) is 0. The third-order valence-corrected chi connectivity index (χ3v) is 4.66. The molecule has 0 radical (unpaired) electrons. The van der Waals surface area contributed by atoms with Gasteiger partial charge in [0.1, 0.15) is 0 Å². The van der Waals surface area contributed by atoms with Gasteiger partial charge in [-0.05, 0) is 38.0 Å². The lowest BCUT2D eigenvalue weighted by Crippen LogP contribution is -2.35. The van der Waals surface area contributed by atoms with Crippen LogP contribution < -0.4 is 5.73 Å². The molecule has 1 rings (SSSR count). The van der Waals surface area contributed by atoms with Gasteiger partial charge in [0.2, 0.25) is 0 Å². The number of nitrogens with two attached hydrogens (primary N) is 1. The van der Waals surface area contributed by atoms with Crippen molar-refractivity contribution in [1.82, 2.24) is 0 Å². The normalized spacial score (nSPS) is 39.0.